The highest BCUT2D eigenvalue weighted by Gasteiger charge is 2.35. The first kappa shape index (κ1) is 17.2. The van der Waals surface area contributed by atoms with Gasteiger partial charge in [0.15, 0.2) is 0 Å². The second kappa shape index (κ2) is 6.83. The third-order valence-corrected chi connectivity index (χ3v) is 15.3. The highest BCUT2D eigenvalue weighted by molar-refractivity contribution is 8.49. The first-order valence-corrected chi connectivity index (χ1v) is 13.1. The van der Waals surface area contributed by atoms with Crippen LogP contribution >= 0.6 is 106 Å². The summed E-state index contributed by atoms with van der Waals surface area (Å²) in [6.45, 7) is 6.52. The van der Waals surface area contributed by atoms with Crippen LogP contribution in [0.2, 0.25) is 0 Å². The minimum atomic E-state index is 0.930. The summed E-state index contributed by atoms with van der Waals surface area (Å²) in [6.07, 6.45) is 0. The molecule has 4 rings (SSSR count). The summed E-state index contributed by atoms with van der Waals surface area (Å²) in [6, 6.07) is 0. The molecule has 0 spiro atoms. The molecule has 0 amide bonds. The van der Waals surface area contributed by atoms with Crippen molar-refractivity contribution in [1.82, 2.24) is 0 Å². The van der Waals surface area contributed by atoms with Crippen molar-refractivity contribution in [3.63, 3.8) is 0 Å². The van der Waals surface area contributed by atoms with Crippen LogP contribution in [0.25, 0.3) is 0 Å². The van der Waals surface area contributed by atoms with Crippen molar-refractivity contribution in [3.8, 4) is 0 Å². The second-order valence-electron chi connectivity index (χ2n) is 4.48. The summed E-state index contributed by atoms with van der Waals surface area (Å²) in [4.78, 5) is 4.11. The smallest absolute Gasteiger partial charge is 0.0849 e. The van der Waals surface area contributed by atoms with Crippen LogP contribution in [0.3, 0.4) is 0 Å². The highest BCUT2D eigenvalue weighted by atomic mass is 35.5. The number of rotatable bonds is 0. The summed E-state index contributed by atoms with van der Waals surface area (Å²) >= 11 is 21.3. The van der Waals surface area contributed by atoms with Crippen LogP contribution in [0.15, 0.2) is 44.5 Å². The van der Waals surface area contributed by atoms with Gasteiger partial charge in [-0.1, -0.05) is 106 Å². The van der Waals surface area contributed by atoms with Gasteiger partial charge >= 0.3 is 0 Å². The summed E-state index contributed by atoms with van der Waals surface area (Å²) < 4.78 is 9.49. The van der Waals surface area contributed by atoms with Gasteiger partial charge in [-0.25, -0.2) is 0 Å². The monoisotopic (exact) mass is 456 g/mol. The maximum absolute atomic E-state index is 6.22. The Morgan fingerprint density at radius 3 is 1.14 bits per heavy atom. The Morgan fingerprint density at radius 1 is 0.455 bits per heavy atom. The van der Waals surface area contributed by atoms with Crippen LogP contribution in [0, 0.1) is 0 Å². The van der Waals surface area contributed by atoms with Crippen LogP contribution in [-0.4, -0.2) is 0 Å². The molecular formula is C13H9ClS8. The molecule has 0 aliphatic carbocycles. The van der Waals surface area contributed by atoms with Crippen molar-refractivity contribution < 1.29 is 0 Å². The van der Waals surface area contributed by atoms with Crippen LogP contribution in [0.4, 0.5) is 0 Å². The molecule has 116 valence electrons. The summed E-state index contributed by atoms with van der Waals surface area (Å²) in [5, 5.41) is 0. The van der Waals surface area contributed by atoms with E-state index in [9.17, 15) is 0 Å². The topological polar surface area (TPSA) is 0 Å². The standard InChI is InChI=1S/C13H9ClS8/c1-4-5(2)16-8(15-4)10-19-12-13(20-10)22-11(21-12)9-17-6(3)7(14)18-9/h1-3H3. The maximum Gasteiger partial charge on any atom is 0.0884 e. The number of hydrogen-bond acceptors (Lipinski definition) is 8. The van der Waals surface area contributed by atoms with Gasteiger partial charge < -0.3 is 0 Å². The maximum atomic E-state index is 6.22. The lowest BCUT2D eigenvalue weighted by Gasteiger charge is -2.07. The molecule has 0 fully saturated rings. The number of thioether (sulfide) groups is 8. The van der Waals surface area contributed by atoms with E-state index in [1.807, 2.05) is 82.3 Å². The molecule has 0 aromatic heterocycles. The molecule has 0 aromatic rings. The molecule has 0 bridgehead atoms. The lowest BCUT2D eigenvalue weighted by molar-refractivity contribution is 1.57. The molecule has 9 heteroatoms. The van der Waals surface area contributed by atoms with Crippen LogP contribution in [-0.2, 0) is 0 Å². The molecule has 4 aliphatic heterocycles. The van der Waals surface area contributed by atoms with E-state index in [2.05, 4.69) is 20.8 Å². The minimum absolute atomic E-state index is 0.930. The molecule has 0 saturated heterocycles. The molecule has 4 aliphatic rings. The molecule has 0 N–H and O–H groups in total. The molecule has 0 atom stereocenters. The molecule has 4 heterocycles. The van der Waals surface area contributed by atoms with E-state index in [0.29, 0.717) is 0 Å². The average molecular weight is 457 g/mol. The first-order valence-electron chi connectivity index (χ1n) is 6.20. The Morgan fingerprint density at radius 2 is 0.773 bits per heavy atom. The van der Waals surface area contributed by atoms with Gasteiger partial charge in [-0.2, -0.15) is 0 Å². The number of halogens is 1. The molecule has 0 unspecified atom stereocenters. The second-order valence-corrected chi connectivity index (χ2v) is 15.4. The van der Waals surface area contributed by atoms with Crippen molar-refractivity contribution in [3.05, 3.63) is 44.5 Å². The van der Waals surface area contributed by atoms with Crippen LogP contribution in [0.1, 0.15) is 20.8 Å². The van der Waals surface area contributed by atoms with Gasteiger partial charge in [0.05, 0.1) is 29.8 Å². The van der Waals surface area contributed by atoms with E-state index >= 15 is 0 Å². The van der Waals surface area contributed by atoms with E-state index < -0.39 is 0 Å². The van der Waals surface area contributed by atoms with Crippen LogP contribution in [0.5, 0.6) is 0 Å². The third kappa shape index (κ3) is 3.26. The van der Waals surface area contributed by atoms with Crippen molar-refractivity contribution in [2.75, 3.05) is 0 Å². The van der Waals surface area contributed by atoms with Crippen molar-refractivity contribution in [2.45, 2.75) is 20.8 Å². The SMILES string of the molecule is CC1=C(C)SC(=C2SC3=C(S2)SC(=C2SC(C)=C(Cl)S2)S3)S1. The van der Waals surface area contributed by atoms with Crippen molar-refractivity contribution in [2.24, 2.45) is 0 Å². The Kier molecular flexibility index (Phi) is 5.35. The molecular weight excluding hydrogens is 448 g/mol. The van der Waals surface area contributed by atoms with E-state index in [1.165, 1.54) is 40.1 Å². The Hall–Kier alpha value is 1.79. The predicted molar refractivity (Wildman–Crippen MR) is 119 cm³/mol. The van der Waals surface area contributed by atoms with Gasteiger partial charge in [-0.05, 0) is 30.6 Å². The number of allylic oxidation sites excluding steroid dienone is 3. The summed E-state index contributed by atoms with van der Waals surface area (Å²) in [7, 11) is 0. The van der Waals surface area contributed by atoms with E-state index in [1.54, 1.807) is 11.8 Å². The summed E-state index contributed by atoms with van der Waals surface area (Å²) in [5.74, 6) is 0. The predicted octanol–water partition coefficient (Wildman–Crippen LogP) is 8.97. The average Bonchev–Trinajstić information content (AvgIpc) is 3.16. The fraction of sp³-hybridized carbons (Fsp3) is 0.231. The van der Waals surface area contributed by atoms with Gasteiger partial charge in [0.2, 0.25) is 0 Å². The lowest BCUT2D eigenvalue weighted by atomic mass is 10.6. The van der Waals surface area contributed by atoms with Crippen molar-refractivity contribution in [1.29, 1.82) is 0 Å². The van der Waals surface area contributed by atoms with Crippen LogP contribution < -0.4 is 0 Å². The Bertz CT molecular complexity index is 625. The normalized spacial score (nSPS) is 25.6. The molecule has 0 nitrogen and oxygen atoms in total. The molecule has 0 aromatic carbocycles. The fourth-order valence-electron chi connectivity index (χ4n) is 1.72. The zero-order chi connectivity index (χ0) is 15.4. The van der Waals surface area contributed by atoms with E-state index in [0.717, 1.165) is 4.36 Å². The summed E-state index contributed by atoms with van der Waals surface area (Å²) in [5.41, 5.74) is 0. The largest absolute Gasteiger partial charge is 0.0884 e. The Labute approximate surface area is 169 Å². The first-order chi connectivity index (χ1) is 10.5. The lowest BCUT2D eigenvalue weighted by Crippen LogP contribution is -1.72. The van der Waals surface area contributed by atoms with Gasteiger partial charge in [0.25, 0.3) is 0 Å². The Balaban J connectivity index is 1.47. The molecule has 22 heavy (non-hydrogen) atoms. The zero-order valence-corrected chi connectivity index (χ0v) is 18.9. The van der Waals surface area contributed by atoms with E-state index in [4.69, 9.17) is 11.6 Å². The quantitative estimate of drug-likeness (QED) is 0.349. The molecule has 0 saturated carbocycles. The van der Waals surface area contributed by atoms with Crippen molar-refractivity contribution >= 4 is 106 Å². The minimum Gasteiger partial charge on any atom is -0.0849 e. The molecule has 0 radical (unpaired) electrons. The van der Waals surface area contributed by atoms with Gasteiger partial charge in [0.1, 0.15) is 0 Å². The third-order valence-electron chi connectivity index (χ3n) is 2.93. The number of hydrogen-bond donors (Lipinski definition) is 0. The highest BCUT2D eigenvalue weighted by Crippen LogP contribution is 2.71. The van der Waals surface area contributed by atoms with Gasteiger partial charge in [-0.15, -0.1) is 0 Å². The van der Waals surface area contributed by atoms with Gasteiger partial charge in [0, 0.05) is 4.91 Å². The zero-order valence-electron chi connectivity index (χ0n) is 11.6. The van der Waals surface area contributed by atoms with E-state index in [-0.39, 0.29) is 0 Å². The van der Waals surface area contributed by atoms with Gasteiger partial charge in [-0.3, -0.25) is 0 Å². The fourth-order valence-corrected chi connectivity index (χ4v) is 13.9.